The first-order valence-electron chi connectivity index (χ1n) is 6.38. The Bertz CT molecular complexity index is 731. The third-order valence-electron chi connectivity index (χ3n) is 3.38. The highest BCUT2D eigenvalue weighted by Crippen LogP contribution is 2.33. The van der Waals surface area contributed by atoms with E-state index in [1.54, 1.807) is 11.3 Å². The first kappa shape index (κ1) is 13.8. The summed E-state index contributed by atoms with van der Waals surface area (Å²) in [5.74, 6) is 5.84. The Morgan fingerprint density at radius 2 is 2.05 bits per heavy atom. The maximum absolute atomic E-state index is 5.84. The van der Waals surface area contributed by atoms with Gasteiger partial charge in [-0.25, -0.2) is 5.43 Å². The van der Waals surface area contributed by atoms with Crippen LogP contribution in [0.15, 0.2) is 52.3 Å². The zero-order valence-electron chi connectivity index (χ0n) is 11.1. The van der Waals surface area contributed by atoms with Crippen molar-refractivity contribution in [2.45, 2.75) is 13.0 Å². The molecule has 1 aromatic heterocycles. The van der Waals surface area contributed by atoms with E-state index in [-0.39, 0.29) is 6.04 Å². The Morgan fingerprint density at radius 3 is 2.80 bits per heavy atom. The van der Waals surface area contributed by atoms with Crippen LogP contribution in [0.25, 0.3) is 10.1 Å². The molecule has 0 aliphatic rings. The third kappa shape index (κ3) is 2.52. The van der Waals surface area contributed by atoms with Gasteiger partial charge in [0, 0.05) is 9.17 Å². The van der Waals surface area contributed by atoms with Gasteiger partial charge in [-0.15, -0.1) is 11.3 Å². The second kappa shape index (κ2) is 5.66. The van der Waals surface area contributed by atoms with Gasteiger partial charge in [0.1, 0.15) is 0 Å². The fraction of sp³-hybridized carbons (Fsp3) is 0.125. The zero-order chi connectivity index (χ0) is 14.1. The number of halogens is 1. The van der Waals surface area contributed by atoms with E-state index in [0.29, 0.717) is 0 Å². The molecule has 1 heterocycles. The summed E-state index contributed by atoms with van der Waals surface area (Å²) in [7, 11) is 0. The molecular formula is C16H15BrN2S. The van der Waals surface area contributed by atoms with Crippen molar-refractivity contribution >= 4 is 37.4 Å². The van der Waals surface area contributed by atoms with Crippen molar-refractivity contribution in [1.29, 1.82) is 0 Å². The van der Waals surface area contributed by atoms with Gasteiger partial charge >= 0.3 is 0 Å². The Hall–Kier alpha value is -1.20. The van der Waals surface area contributed by atoms with Crippen LogP contribution < -0.4 is 11.3 Å². The Kier molecular flexibility index (Phi) is 3.89. The molecule has 3 aromatic rings. The molecule has 0 saturated heterocycles. The highest BCUT2D eigenvalue weighted by Gasteiger charge is 2.16. The largest absolute Gasteiger partial charge is 0.271 e. The van der Waals surface area contributed by atoms with Crippen LogP contribution in [0.3, 0.4) is 0 Å². The van der Waals surface area contributed by atoms with E-state index >= 15 is 0 Å². The molecule has 0 aliphatic carbocycles. The average Bonchev–Trinajstić information content (AvgIpc) is 2.87. The molecule has 0 aliphatic heterocycles. The minimum Gasteiger partial charge on any atom is -0.271 e. The van der Waals surface area contributed by atoms with Gasteiger partial charge in [-0.2, -0.15) is 0 Å². The van der Waals surface area contributed by atoms with Crippen LogP contribution in [0.5, 0.6) is 0 Å². The van der Waals surface area contributed by atoms with Gasteiger partial charge in [-0.3, -0.25) is 5.84 Å². The molecule has 0 amide bonds. The molecule has 3 rings (SSSR count). The molecule has 0 bridgehead atoms. The summed E-state index contributed by atoms with van der Waals surface area (Å²) < 4.78 is 2.36. The summed E-state index contributed by atoms with van der Waals surface area (Å²) in [5, 5.41) is 3.38. The number of fused-ring (bicyclic) bond motifs is 1. The molecule has 0 saturated carbocycles. The molecule has 1 atom stereocenters. The first-order chi connectivity index (χ1) is 9.69. The Labute approximate surface area is 130 Å². The van der Waals surface area contributed by atoms with Crippen LogP contribution in [0.2, 0.25) is 0 Å². The number of aryl methyl sites for hydroxylation is 1. The quantitative estimate of drug-likeness (QED) is 0.540. The minimum absolute atomic E-state index is 0.00597. The summed E-state index contributed by atoms with van der Waals surface area (Å²) in [5.41, 5.74) is 6.56. The number of hydrogen-bond acceptors (Lipinski definition) is 3. The lowest BCUT2D eigenvalue weighted by Gasteiger charge is -2.18. The van der Waals surface area contributed by atoms with Gasteiger partial charge in [0.05, 0.1) is 6.04 Å². The Balaban J connectivity index is 2.16. The predicted molar refractivity (Wildman–Crippen MR) is 89.9 cm³/mol. The second-order valence-electron chi connectivity index (χ2n) is 4.85. The van der Waals surface area contributed by atoms with Crippen molar-refractivity contribution < 1.29 is 0 Å². The molecule has 102 valence electrons. The van der Waals surface area contributed by atoms with Crippen molar-refractivity contribution in [3.8, 4) is 0 Å². The molecule has 4 heteroatoms. The van der Waals surface area contributed by atoms with Crippen LogP contribution in [0, 0.1) is 6.92 Å². The summed E-state index contributed by atoms with van der Waals surface area (Å²) >= 11 is 5.31. The molecule has 20 heavy (non-hydrogen) atoms. The van der Waals surface area contributed by atoms with Crippen molar-refractivity contribution in [3.05, 3.63) is 69.0 Å². The topological polar surface area (TPSA) is 38.0 Å². The average molecular weight is 347 g/mol. The monoisotopic (exact) mass is 346 g/mol. The van der Waals surface area contributed by atoms with E-state index < -0.39 is 0 Å². The number of rotatable bonds is 3. The normalized spacial score (nSPS) is 12.8. The lowest BCUT2D eigenvalue weighted by molar-refractivity contribution is 0.641. The van der Waals surface area contributed by atoms with Crippen molar-refractivity contribution in [2.24, 2.45) is 5.84 Å². The first-order valence-corrected chi connectivity index (χ1v) is 8.05. The molecule has 0 fully saturated rings. The van der Waals surface area contributed by atoms with Gasteiger partial charge in [0.2, 0.25) is 0 Å². The number of hydrogen-bond donors (Lipinski definition) is 2. The second-order valence-corrected chi connectivity index (χ2v) is 6.68. The van der Waals surface area contributed by atoms with Gasteiger partial charge in [-0.05, 0) is 52.6 Å². The smallest absolute Gasteiger partial charge is 0.0724 e. The number of nitrogens with two attached hydrogens (primary N) is 1. The highest BCUT2D eigenvalue weighted by atomic mass is 79.9. The van der Waals surface area contributed by atoms with Gasteiger partial charge < -0.3 is 0 Å². The molecule has 2 nitrogen and oxygen atoms in total. The summed E-state index contributed by atoms with van der Waals surface area (Å²) in [6, 6.07) is 14.9. The standard InChI is InChI=1S/C16H15BrN2S/c1-10-7-12(9-13(17)8-10)15(19-18)14-4-2-3-11-5-6-20-16(11)14/h2-9,15,19H,18H2,1H3. The predicted octanol–water partition coefficient (Wildman–Crippen LogP) is 4.52. The molecule has 2 aromatic carbocycles. The molecule has 3 N–H and O–H groups in total. The van der Waals surface area contributed by atoms with Crippen molar-refractivity contribution in [1.82, 2.24) is 5.43 Å². The maximum atomic E-state index is 5.84. The fourth-order valence-corrected chi connectivity index (χ4v) is 4.11. The number of nitrogens with one attached hydrogen (secondary N) is 1. The van der Waals surface area contributed by atoms with E-state index in [0.717, 1.165) is 4.47 Å². The van der Waals surface area contributed by atoms with Gasteiger partial charge in [-0.1, -0.05) is 40.2 Å². The maximum Gasteiger partial charge on any atom is 0.0724 e. The van der Waals surface area contributed by atoms with E-state index in [4.69, 9.17) is 5.84 Å². The van der Waals surface area contributed by atoms with Gasteiger partial charge in [0.25, 0.3) is 0 Å². The molecular weight excluding hydrogens is 332 g/mol. The summed E-state index contributed by atoms with van der Waals surface area (Å²) in [4.78, 5) is 0. The lowest BCUT2D eigenvalue weighted by atomic mass is 9.97. The summed E-state index contributed by atoms with van der Waals surface area (Å²) in [6.07, 6.45) is 0. The van der Waals surface area contributed by atoms with Gasteiger partial charge in [0.15, 0.2) is 0 Å². The highest BCUT2D eigenvalue weighted by molar-refractivity contribution is 9.10. The number of hydrazine groups is 1. The van der Waals surface area contributed by atoms with E-state index in [2.05, 4.69) is 76.1 Å². The van der Waals surface area contributed by atoms with Crippen LogP contribution in [-0.4, -0.2) is 0 Å². The molecule has 0 radical (unpaired) electrons. The zero-order valence-corrected chi connectivity index (χ0v) is 13.5. The van der Waals surface area contributed by atoms with Crippen molar-refractivity contribution in [3.63, 3.8) is 0 Å². The SMILES string of the molecule is Cc1cc(Br)cc(C(NN)c2cccc3ccsc23)c1. The van der Waals surface area contributed by atoms with E-state index in [9.17, 15) is 0 Å². The fourth-order valence-electron chi connectivity index (χ4n) is 2.54. The minimum atomic E-state index is -0.00597. The molecule has 0 spiro atoms. The van der Waals surface area contributed by atoms with Crippen LogP contribution in [-0.2, 0) is 0 Å². The van der Waals surface area contributed by atoms with E-state index in [1.165, 1.54) is 26.8 Å². The number of thiophene rings is 1. The van der Waals surface area contributed by atoms with E-state index in [1.807, 2.05) is 0 Å². The number of benzene rings is 2. The van der Waals surface area contributed by atoms with Crippen LogP contribution in [0.4, 0.5) is 0 Å². The van der Waals surface area contributed by atoms with Crippen molar-refractivity contribution in [2.75, 3.05) is 0 Å². The lowest BCUT2D eigenvalue weighted by Crippen LogP contribution is -2.29. The van der Waals surface area contributed by atoms with Crippen LogP contribution >= 0.6 is 27.3 Å². The third-order valence-corrected chi connectivity index (χ3v) is 4.82. The van der Waals surface area contributed by atoms with Crippen LogP contribution in [0.1, 0.15) is 22.7 Å². The summed E-state index contributed by atoms with van der Waals surface area (Å²) in [6.45, 7) is 2.09. The Morgan fingerprint density at radius 1 is 1.20 bits per heavy atom. The molecule has 1 unspecified atom stereocenters.